The Morgan fingerprint density at radius 1 is 1.16 bits per heavy atom. The van der Waals surface area contributed by atoms with Gasteiger partial charge in [-0.05, 0) is 42.1 Å². The van der Waals surface area contributed by atoms with Gasteiger partial charge >= 0.3 is 12.2 Å². The van der Waals surface area contributed by atoms with Gasteiger partial charge in [-0.3, -0.25) is 0 Å². The highest BCUT2D eigenvalue weighted by Gasteiger charge is 2.30. The van der Waals surface area contributed by atoms with Crippen LogP contribution in [0.3, 0.4) is 0 Å². The maximum Gasteiger partial charge on any atom is 0.416 e. The Morgan fingerprint density at radius 2 is 1.92 bits per heavy atom. The van der Waals surface area contributed by atoms with Gasteiger partial charge in [0.1, 0.15) is 0 Å². The van der Waals surface area contributed by atoms with Gasteiger partial charge in [0.05, 0.1) is 5.56 Å². The Labute approximate surface area is 152 Å². The van der Waals surface area contributed by atoms with Crippen LogP contribution in [0.25, 0.3) is 0 Å². The van der Waals surface area contributed by atoms with E-state index in [1.165, 1.54) is 17.0 Å². The van der Waals surface area contributed by atoms with Crippen molar-refractivity contribution in [1.82, 2.24) is 4.90 Å². The highest BCUT2D eigenvalue weighted by Crippen LogP contribution is 2.36. The molecular formula is C17H17F3N2OS2. The molecule has 0 spiro atoms. The molecule has 2 heterocycles. The molecule has 134 valence electrons. The monoisotopic (exact) mass is 386 g/mol. The van der Waals surface area contributed by atoms with Crippen molar-refractivity contribution in [2.45, 2.75) is 17.8 Å². The lowest BCUT2D eigenvalue weighted by Crippen LogP contribution is -2.36. The third kappa shape index (κ3) is 4.70. The summed E-state index contributed by atoms with van der Waals surface area (Å²) in [5, 5.41) is 5.12. The Hall–Kier alpha value is -1.67. The van der Waals surface area contributed by atoms with Crippen LogP contribution in [-0.4, -0.2) is 29.8 Å². The van der Waals surface area contributed by atoms with E-state index in [0.717, 1.165) is 24.3 Å². The van der Waals surface area contributed by atoms with E-state index in [0.29, 0.717) is 24.0 Å². The number of anilines is 1. The summed E-state index contributed by atoms with van der Waals surface area (Å²) >= 11 is 3.56. The predicted octanol–water partition coefficient (Wildman–Crippen LogP) is 5.48. The molecule has 1 saturated heterocycles. The molecule has 1 aliphatic heterocycles. The molecule has 1 fully saturated rings. The zero-order valence-electron chi connectivity index (χ0n) is 13.3. The number of hydrogen-bond acceptors (Lipinski definition) is 3. The van der Waals surface area contributed by atoms with Crippen LogP contribution in [0, 0.1) is 0 Å². The first kappa shape index (κ1) is 18.1. The number of nitrogens with one attached hydrogen (secondary N) is 1. The van der Waals surface area contributed by atoms with Crippen LogP contribution in [0.2, 0.25) is 0 Å². The molecule has 0 saturated carbocycles. The zero-order chi connectivity index (χ0) is 17.9. The highest BCUT2D eigenvalue weighted by molar-refractivity contribution is 7.99. The second-order valence-electron chi connectivity index (χ2n) is 5.66. The molecular weight excluding hydrogens is 369 g/mol. The zero-order valence-corrected chi connectivity index (χ0v) is 14.9. The number of carbonyl (C=O) groups is 1. The quantitative estimate of drug-likeness (QED) is 0.741. The standard InChI is InChI=1S/C17H17F3N2OS2/c18-17(19,20)12-3-5-13(6-4-12)21-16(23)22-8-7-15(25-11-9-22)14-2-1-10-24-14/h1-6,10,15H,7-9,11H2,(H,21,23). The van der Waals surface area contributed by atoms with Crippen molar-refractivity contribution in [3.05, 3.63) is 52.2 Å². The fraction of sp³-hybridized carbons (Fsp3) is 0.353. The van der Waals surface area contributed by atoms with Crippen molar-refractivity contribution in [3.63, 3.8) is 0 Å². The molecule has 0 radical (unpaired) electrons. The van der Waals surface area contributed by atoms with Crippen molar-refractivity contribution < 1.29 is 18.0 Å². The van der Waals surface area contributed by atoms with Gasteiger partial charge in [-0.1, -0.05) is 6.07 Å². The van der Waals surface area contributed by atoms with Crippen molar-refractivity contribution in [1.29, 1.82) is 0 Å². The second kappa shape index (κ2) is 7.70. The lowest BCUT2D eigenvalue weighted by atomic mass is 10.2. The van der Waals surface area contributed by atoms with Crippen molar-refractivity contribution in [2.75, 3.05) is 24.2 Å². The average molecular weight is 386 g/mol. The summed E-state index contributed by atoms with van der Waals surface area (Å²) in [6.07, 6.45) is -3.51. The van der Waals surface area contributed by atoms with Crippen molar-refractivity contribution >= 4 is 34.8 Å². The Morgan fingerprint density at radius 3 is 2.56 bits per heavy atom. The fourth-order valence-electron chi connectivity index (χ4n) is 2.62. The van der Waals surface area contributed by atoms with Crippen LogP contribution < -0.4 is 5.32 Å². The number of amides is 2. The molecule has 3 rings (SSSR count). The number of benzene rings is 1. The van der Waals surface area contributed by atoms with Crippen LogP contribution in [0.1, 0.15) is 22.1 Å². The first-order chi connectivity index (χ1) is 11.9. The van der Waals surface area contributed by atoms with Crippen molar-refractivity contribution in [2.24, 2.45) is 0 Å². The molecule has 1 aromatic heterocycles. The summed E-state index contributed by atoms with van der Waals surface area (Å²) in [5.41, 5.74) is -0.361. The molecule has 1 atom stereocenters. The third-order valence-electron chi connectivity index (χ3n) is 3.95. The highest BCUT2D eigenvalue weighted by atomic mass is 32.2. The summed E-state index contributed by atoms with van der Waals surface area (Å²) in [4.78, 5) is 15.4. The lowest BCUT2D eigenvalue weighted by molar-refractivity contribution is -0.137. The maximum absolute atomic E-state index is 12.6. The van der Waals surface area contributed by atoms with Gasteiger partial charge in [0, 0.05) is 34.7 Å². The van der Waals surface area contributed by atoms with Crippen LogP contribution in [0.5, 0.6) is 0 Å². The number of nitrogens with zero attached hydrogens (tertiary/aromatic N) is 1. The molecule has 25 heavy (non-hydrogen) atoms. The molecule has 1 unspecified atom stereocenters. The molecule has 8 heteroatoms. The summed E-state index contributed by atoms with van der Waals surface area (Å²) in [7, 11) is 0. The predicted molar refractivity (Wildman–Crippen MR) is 96.2 cm³/mol. The fourth-order valence-corrected chi connectivity index (χ4v) is 4.86. The summed E-state index contributed by atoms with van der Waals surface area (Å²) < 4.78 is 37.7. The van der Waals surface area contributed by atoms with E-state index in [-0.39, 0.29) is 6.03 Å². The maximum atomic E-state index is 12.6. The number of thiophene rings is 1. The number of alkyl halides is 3. The van der Waals surface area contributed by atoms with Gasteiger partial charge in [-0.15, -0.1) is 11.3 Å². The molecule has 1 aliphatic rings. The molecule has 2 amide bonds. The summed E-state index contributed by atoms with van der Waals surface area (Å²) in [5.74, 6) is 0.836. The third-order valence-corrected chi connectivity index (χ3v) is 6.40. The smallest absolute Gasteiger partial charge is 0.324 e. The normalized spacial score (nSPS) is 18.7. The van der Waals surface area contributed by atoms with E-state index < -0.39 is 11.7 Å². The van der Waals surface area contributed by atoms with Gasteiger partial charge < -0.3 is 10.2 Å². The number of thioether (sulfide) groups is 1. The van der Waals surface area contributed by atoms with Crippen molar-refractivity contribution in [3.8, 4) is 0 Å². The lowest BCUT2D eigenvalue weighted by Gasteiger charge is -2.21. The number of halogens is 3. The molecule has 2 aromatic rings. The van der Waals surface area contributed by atoms with Gasteiger partial charge in [-0.25, -0.2) is 4.79 Å². The van der Waals surface area contributed by atoms with Gasteiger partial charge in [0.25, 0.3) is 0 Å². The topological polar surface area (TPSA) is 32.3 Å². The van der Waals surface area contributed by atoms with Crippen LogP contribution in [-0.2, 0) is 6.18 Å². The number of urea groups is 1. The Balaban J connectivity index is 1.58. The van der Waals surface area contributed by atoms with E-state index in [1.54, 1.807) is 16.2 Å². The van der Waals surface area contributed by atoms with E-state index >= 15 is 0 Å². The largest absolute Gasteiger partial charge is 0.416 e. The Kier molecular flexibility index (Phi) is 5.58. The average Bonchev–Trinajstić information content (AvgIpc) is 2.99. The first-order valence-electron chi connectivity index (χ1n) is 7.81. The number of carbonyl (C=O) groups excluding carboxylic acids is 1. The van der Waals surface area contributed by atoms with E-state index in [1.807, 2.05) is 17.8 Å². The second-order valence-corrected chi connectivity index (χ2v) is 7.95. The number of rotatable bonds is 2. The molecule has 0 aliphatic carbocycles. The van der Waals surface area contributed by atoms with Gasteiger partial charge in [0.2, 0.25) is 0 Å². The minimum absolute atomic E-state index is 0.271. The SMILES string of the molecule is O=C(Nc1ccc(C(F)(F)F)cc1)N1CCSC(c2cccs2)CC1. The van der Waals surface area contributed by atoms with Crippen LogP contribution in [0.4, 0.5) is 23.7 Å². The Bertz CT molecular complexity index is 702. The van der Waals surface area contributed by atoms with Crippen LogP contribution in [0.15, 0.2) is 41.8 Å². The molecule has 1 N–H and O–H groups in total. The van der Waals surface area contributed by atoms with Crippen LogP contribution >= 0.6 is 23.1 Å². The summed E-state index contributed by atoms with van der Waals surface area (Å²) in [6, 6.07) is 8.37. The first-order valence-corrected chi connectivity index (χ1v) is 9.74. The van der Waals surface area contributed by atoms with E-state index in [4.69, 9.17) is 0 Å². The minimum atomic E-state index is -4.37. The van der Waals surface area contributed by atoms with E-state index in [9.17, 15) is 18.0 Å². The molecule has 3 nitrogen and oxygen atoms in total. The minimum Gasteiger partial charge on any atom is -0.324 e. The number of hydrogen-bond donors (Lipinski definition) is 1. The summed E-state index contributed by atoms with van der Waals surface area (Å²) in [6.45, 7) is 1.25. The molecule has 0 bridgehead atoms. The van der Waals surface area contributed by atoms with Gasteiger partial charge in [-0.2, -0.15) is 24.9 Å². The molecule has 1 aromatic carbocycles. The van der Waals surface area contributed by atoms with Gasteiger partial charge in [0.15, 0.2) is 0 Å². The van der Waals surface area contributed by atoms with E-state index in [2.05, 4.69) is 16.8 Å².